The van der Waals surface area contributed by atoms with Crippen molar-refractivity contribution in [3.05, 3.63) is 30.3 Å². The van der Waals surface area contributed by atoms with Gasteiger partial charge in [0.25, 0.3) is 0 Å². The number of aromatic hydroxyl groups is 1. The number of anilines is 2. The van der Waals surface area contributed by atoms with Gasteiger partial charge in [0.1, 0.15) is 11.4 Å². The highest BCUT2D eigenvalue weighted by molar-refractivity contribution is 5.76. The number of aromatic nitrogens is 2. The zero-order chi connectivity index (χ0) is 32.5. The van der Waals surface area contributed by atoms with Crippen LogP contribution in [-0.2, 0) is 4.74 Å². The standard InChI is InChI=1S/C36H54N8O3/c1-36(2,3)47-35(46)42-18-16-40(17-19-42)24-26-12-14-41(15-13-26)27-8-10-28(11-9-27)43-20-21-44-29(25-43)23-37-34-32(44)22-31(38-39-34)30-6-4-5-7-33(30)45/h4-7,22,26-29,45H,8-21,23-25H2,1-3H3,(H,37,39)/t27?,28?,29-/m0/s1. The second-order valence-corrected chi connectivity index (χ2v) is 15.4. The monoisotopic (exact) mass is 646 g/mol. The second-order valence-electron chi connectivity index (χ2n) is 15.4. The molecule has 5 aliphatic rings. The fourth-order valence-electron chi connectivity index (χ4n) is 8.56. The van der Waals surface area contributed by atoms with Crippen molar-refractivity contribution < 1.29 is 14.6 Å². The van der Waals surface area contributed by atoms with Crippen LogP contribution in [0.1, 0.15) is 59.3 Å². The molecule has 4 fully saturated rings. The molecule has 4 aliphatic heterocycles. The summed E-state index contributed by atoms with van der Waals surface area (Å²) < 4.78 is 5.57. The van der Waals surface area contributed by atoms with Crippen LogP contribution in [-0.4, -0.2) is 137 Å². The number of hydrogen-bond acceptors (Lipinski definition) is 10. The van der Waals surface area contributed by atoms with E-state index in [1.165, 1.54) is 51.6 Å². The number of benzene rings is 1. The molecule has 5 heterocycles. The lowest BCUT2D eigenvalue weighted by Gasteiger charge is -2.49. The summed E-state index contributed by atoms with van der Waals surface area (Å²) in [5.74, 6) is 1.85. The van der Waals surface area contributed by atoms with Gasteiger partial charge in [-0.3, -0.25) is 9.80 Å². The number of carbonyl (C=O) groups excluding carboxylic acids is 1. The second kappa shape index (κ2) is 13.8. The third-order valence-electron chi connectivity index (χ3n) is 11.2. The van der Waals surface area contributed by atoms with Crippen molar-refractivity contribution in [2.24, 2.45) is 5.92 Å². The lowest BCUT2D eigenvalue weighted by Crippen LogP contribution is -2.60. The number of fused-ring (bicyclic) bond motifs is 3. The first-order chi connectivity index (χ1) is 22.7. The number of ether oxygens (including phenoxy) is 1. The van der Waals surface area contributed by atoms with Crippen LogP contribution in [0.5, 0.6) is 5.75 Å². The van der Waals surface area contributed by atoms with Gasteiger partial charge in [0.2, 0.25) is 0 Å². The summed E-state index contributed by atoms with van der Waals surface area (Å²) >= 11 is 0. The maximum Gasteiger partial charge on any atom is 0.410 e. The van der Waals surface area contributed by atoms with Crippen LogP contribution in [0.2, 0.25) is 0 Å². The molecule has 1 amide bonds. The van der Waals surface area contributed by atoms with Crippen LogP contribution in [0, 0.1) is 5.92 Å². The van der Waals surface area contributed by atoms with Crippen molar-refractivity contribution in [3.8, 4) is 17.0 Å². The molecule has 1 saturated carbocycles. The Hall–Kier alpha value is -3.15. The van der Waals surface area contributed by atoms with Gasteiger partial charge in [-0.2, -0.15) is 0 Å². The number of phenolic OH excluding ortho intramolecular Hbond substituents is 1. The molecule has 0 bridgehead atoms. The highest BCUT2D eigenvalue weighted by atomic mass is 16.6. The number of rotatable bonds is 5. The molecule has 47 heavy (non-hydrogen) atoms. The van der Waals surface area contributed by atoms with Crippen LogP contribution in [0.15, 0.2) is 30.3 Å². The Kier molecular flexibility index (Phi) is 9.49. The largest absolute Gasteiger partial charge is 0.507 e. The fraction of sp³-hybridized carbons (Fsp3) is 0.694. The smallest absolute Gasteiger partial charge is 0.410 e. The van der Waals surface area contributed by atoms with Gasteiger partial charge in [-0.05, 0) is 96.5 Å². The van der Waals surface area contributed by atoms with Gasteiger partial charge >= 0.3 is 6.09 Å². The number of hydrogen-bond donors (Lipinski definition) is 2. The molecule has 0 radical (unpaired) electrons. The SMILES string of the molecule is CC(C)(C)OC(=O)N1CCN(CC2CCN(C3CCC(N4CCN5c6cc(-c7ccccc7O)nnc6NC[C@H]5C4)CC3)CC2)CC1. The summed E-state index contributed by atoms with van der Waals surface area (Å²) in [5.41, 5.74) is 2.10. The van der Waals surface area contributed by atoms with Crippen LogP contribution in [0.3, 0.4) is 0 Å². The Labute approximate surface area is 280 Å². The quantitative estimate of drug-likeness (QED) is 0.488. The molecule has 256 valence electrons. The van der Waals surface area contributed by atoms with Crippen LogP contribution < -0.4 is 10.2 Å². The summed E-state index contributed by atoms with van der Waals surface area (Å²) in [6, 6.07) is 11.3. The van der Waals surface area contributed by atoms with Crippen LogP contribution in [0.25, 0.3) is 11.3 Å². The maximum atomic E-state index is 12.4. The molecule has 1 aromatic heterocycles. The van der Waals surface area contributed by atoms with Crippen molar-refractivity contribution in [1.82, 2.24) is 29.8 Å². The molecule has 0 spiro atoms. The number of carbonyl (C=O) groups is 1. The van der Waals surface area contributed by atoms with Crippen LogP contribution in [0.4, 0.5) is 16.3 Å². The lowest BCUT2D eigenvalue weighted by atomic mass is 9.86. The van der Waals surface area contributed by atoms with Gasteiger partial charge < -0.3 is 29.9 Å². The summed E-state index contributed by atoms with van der Waals surface area (Å²) in [6.45, 7) is 16.9. The van der Waals surface area contributed by atoms with E-state index in [1.54, 1.807) is 6.07 Å². The lowest BCUT2D eigenvalue weighted by molar-refractivity contribution is 0.0112. The fourth-order valence-corrected chi connectivity index (χ4v) is 8.56. The van der Waals surface area contributed by atoms with E-state index in [2.05, 4.69) is 41.2 Å². The molecule has 3 saturated heterocycles. The first-order valence-electron chi connectivity index (χ1n) is 18.0. The maximum absolute atomic E-state index is 12.4. The predicted molar refractivity (Wildman–Crippen MR) is 185 cm³/mol. The average Bonchev–Trinajstić information content (AvgIpc) is 3.08. The number of para-hydroxylation sites is 1. The number of piperazine rings is 2. The normalized spacial score (nSPS) is 26.7. The van der Waals surface area contributed by atoms with Crippen LogP contribution >= 0.6 is 0 Å². The molecule has 11 nitrogen and oxygen atoms in total. The van der Waals surface area contributed by atoms with Crippen molar-refractivity contribution in [3.63, 3.8) is 0 Å². The summed E-state index contributed by atoms with van der Waals surface area (Å²) in [7, 11) is 0. The third-order valence-corrected chi connectivity index (χ3v) is 11.2. The van der Waals surface area contributed by atoms with Crippen molar-refractivity contribution in [2.75, 3.05) is 82.2 Å². The number of likely N-dealkylation sites (tertiary alicyclic amines) is 1. The first kappa shape index (κ1) is 32.4. The number of piperidine rings is 1. The number of amides is 1. The third kappa shape index (κ3) is 7.47. The zero-order valence-electron chi connectivity index (χ0n) is 28.6. The van der Waals surface area contributed by atoms with Gasteiger partial charge in [-0.1, -0.05) is 12.1 Å². The Morgan fingerprint density at radius 1 is 0.872 bits per heavy atom. The van der Waals surface area contributed by atoms with E-state index in [9.17, 15) is 9.90 Å². The molecule has 1 aliphatic carbocycles. The Bertz CT molecular complexity index is 1380. The summed E-state index contributed by atoms with van der Waals surface area (Å²) in [6.07, 6.45) is 7.63. The van der Waals surface area contributed by atoms with Crippen molar-refractivity contribution >= 4 is 17.6 Å². The summed E-state index contributed by atoms with van der Waals surface area (Å²) in [4.78, 5) is 24.9. The van der Waals surface area contributed by atoms with E-state index in [-0.39, 0.29) is 11.8 Å². The number of nitrogens with one attached hydrogen (secondary N) is 1. The molecule has 0 unspecified atom stereocenters. The molecular weight excluding hydrogens is 592 g/mol. The van der Waals surface area contributed by atoms with Gasteiger partial charge in [0.05, 0.1) is 17.4 Å². The van der Waals surface area contributed by atoms with E-state index in [4.69, 9.17) is 4.74 Å². The molecule has 11 heteroatoms. The molecule has 2 aromatic rings. The highest BCUT2D eigenvalue weighted by Crippen LogP contribution is 2.37. The van der Waals surface area contributed by atoms with Gasteiger partial charge in [-0.15, -0.1) is 10.2 Å². The minimum Gasteiger partial charge on any atom is -0.507 e. The van der Waals surface area contributed by atoms with Crippen molar-refractivity contribution in [2.45, 2.75) is 83.0 Å². The van der Waals surface area contributed by atoms with E-state index in [0.717, 1.165) is 87.9 Å². The van der Waals surface area contributed by atoms with E-state index >= 15 is 0 Å². The molecule has 1 atom stereocenters. The summed E-state index contributed by atoms with van der Waals surface area (Å²) in [5, 5.41) is 22.8. The van der Waals surface area contributed by atoms with Gasteiger partial charge in [-0.25, -0.2) is 4.79 Å². The number of phenols is 1. The molecule has 7 rings (SSSR count). The van der Waals surface area contributed by atoms with E-state index in [1.807, 2.05) is 43.9 Å². The average molecular weight is 647 g/mol. The molecular formula is C36H54N8O3. The number of nitrogens with zero attached hydrogens (tertiary/aromatic N) is 7. The van der Waals surface area contributed by atoms with Crippen molar-refractivity contribution in [1.29, 1.82) is 0 Å². The minimum atomic E-state index is -0.435. The topological polar surface area (TPSA) is 101 Å². The molecule has 2 N–H and O–H groups in total. The van der Waals surface area contributed by atoms with E-state index < -0.39 is 5.60 Å². The minimum absolute atomic E-state index is 0.172. The zero-order valence-corrected chi connectivity index (χ0v) is 28.6. The Balaban J connectivity index is 0.841. The Morgan fingerprint density at radius 3 is 2.28 bits per heavy atom. The molecule has 1 aromatic carbocycles. The Morgan fingerprint density at radius 2 is 1.57 bits per heavy atom. The highest BCUT2D eigenvalue weighted by Gasteiger charge is 2.38. The van der Waals surface area contributed by atoms with Gasteiger partial charge in [0, 0.05) is 76.5 Å². The first-order valence-corrected chi connectivity index (χ1v) is 18.0. The van der Waals surface area contributed by atoms with Gasteiger partial charge in [0.15, 0.2) is 5.82 Å². The predicted octanol–water partition coefficient (Wildman–Crippen LogP) is 4.34. The van der Waals surface area contributed by atoms with E-state index in [0.29, 0.717) is 17.8 Å².